The first-order valence-electron chi connectivity index (χ1n) is 7.51. The average molecular weight is 296 g/mol. The number of aliphatic imine (C=N–C) groups is 2. The van der Waals surface area contributed by atoms with Crippen LogP contribution < -0.4 is 0 Å². The van der Waals surface area contributed by atoms with E-state index in [0.717, 1.165) is 22.4 Å². The normalized spacial score (nSPS) is 13.5. The summed E-state index contributed by atoms with van der Waals surface area (Å²) in [7, 11) is 0. The Bertz CT molecular complexity index is 657. The summed E-state index contributed by atoms with van der Waals surface area (Å²) < 4.78 is 0. The maximum Gasteiger partial charge on any atom is 0.160 e. The van der Waals surface area contributed by atoms with E-state index in [2.05, 4.69) is 61.5 Å². The van der Waals surface area contributed by atoms with E-state index in [1.807, 2.05) is 24.3 Å². The second kappa shape index (κ2) is 5.95. The zero-order valence-electron chi connectivity index (χ0n) is 14.3. The highest BCUT2D eigenvalue weighted by Gasteiger charge is 2.07. The quantitative estimate of drug-likeness (QED) is 0.784. The van der Waals surface area contributed by atoms with Crippen molar-refractivity contribution in [3.8, 4) is 0 Å². The van der Waals surface area contributed by atoms with Crippen LogP contribution in [0.4, 0.5) is 0 Å². The van der Waals surface area contributed by atoms with E-state index < -0.39 is 0 Å². The van der Waals surface area contributed by atoms with Gasteiger partial charge in [0.25, 0.3) is 0 Å². The van der Waals surface area contributed by atoms with Crippen LogP contribution in [0.1, 0.15) is 52.9 Å². The van der Waals surface area contributed by atoms with Crippen molar-refractivity contribution in [1.82, 2.24) is 9.97 Å². The molecule has 0 bridgehead atoms. The van der Waals surface area contributed by atoms with Gasteiger partial charge < -0.3 is 0 Å². The lowest BCUT2D eigenvalue weighted by Gasteiger charge is -2.11. The molecule has 2 heterocycles. The molecule has 0 unspecified atom stereocenters. The summed E-state index contributed by atoms with van der Waals surface area (Å²) in [6.45, 7) is 12.4. The van der Waals surface area contributed by atoms with Gasteiger partial charge in [-0.3, -0.25) is 9.98 Å². The highest BCUT2D eigenvalue weighted by molar-refractivity contribution is 5.86. The summed E-state index contributed by atoms with van der Waals surface area (Å²) in [6.07, 6.45) is 3.61. The molecule has 0 aliphatic heterocycles. The van der Waals surface area contributed by atoms with Crippen molar-refractivity contribution >= 4 is 23.5 Å². The molecular weight excluding hydrogens is 272 g/mol. The van der Waals surface area contributed by atoms with E-state index in [9.17, 15) is 0 Å². The molecule has 0 aliphatic carbocycles. The number of aromatic nitrogens is 2. The molecule has 2 rings (SSSR count). The monoisotopic (exact) mass is 296 g/mol. The second-order valence-corrected chi connectivity index (χ2v) is 7.38. The van der Waals surface area contributed by atoms with Gasteiger partial charge in [0.1, 0.15) is 0 Å². The van der Waals surface area contributed by atoms with Crippen LogP contribution in [0.3, 0.4) is 0 Å². The highest BCUT2D eigenvalue weighted by atomic mass is 14.9. The minimum absolute atomic E-state index is 0.106. The molecule has 4 heteroatoms. The lowest BCUT2D eigenvalue weighted by molar-refractivity contribution is 0.586. The Kier molecular flexibility index (Phi) is 4.40. The molecule has 4 nitrogen and oxygen atoms in total. The predicted octanol–water partition coefficient (Wildman–Crippen LogP) is 4.06. The Labute approximate surface area is 132 Å². The minimum Gasteiger partial charge on any atom is -0.285 e. The number of hydrogen-bond donors (Lipinski definition) is 0. The van der Waals surface area contributed by atoms with Crippen molar-refractivity contribution in [1.29, 1.82) is 0 Å². The lowest BCUT2D eigenvalue weighted by Crippen LogP contribution is -2.10. The number of nitrogens with zero attached hydrogens (tertiary/aromatic N) is 4. The average Bonchev–Trinajstić information content (AvgIpc) is 2.41. The molecule has 0 spiro atoms. The molecular formula is C18H24N4. The van der Waals surface area contributed by atoms with Crippen molar-refractivity contribution in [3.63, 3.8) is 0 Å². The van der Waals surface area contributed by atoms with E-state index in [1.165, 1.54) is 0 Å². The van der Waals surface area contributed by atoms with Crippen LogP contribution in [-0.2, 0) is 0 Å². The molecule has 2 aromatic heterocycles. The predicted molar refractivity (Wildman–Crippen MR) is 94.2 cm³/mol. The number of fused-ring (bicyclic) bond motifs is 1. The van der Waals surface area contributed by atoms with Gasteiger partial charge in [-0.1, -0.05) is 0 Å². The maximum atomic E-state index is 4.56. The molecule has 0 fully saturated rings. The first kappa shape index (κ1) is 16.3. The Balaban J connectivity index is 2.35. The van der Waals surface area contributed by atoms with Gasteiger partial charge in [-0.2, -0.15) is 0 Å². The molecule has 0 aliphatic rings. The molecule has 0 N–H and O–H groups in total. The van der Waals surface area contributed by atoms with Crippen molar-refractivity contribution in [2.24, 2.45) is 9.98 Å². The first-order chi connectivity index (χ1) is 10.1. The molecule has 22 heavy (non-hydrogen) atoms. The van der Waals surface area contributed by atoms with E-state index in [-0.39, 0.29) is 11.1 Å². The van der Waals surface area contributed by atoms with Gasteiger partial charge in [0, 0.05) is 17.8 Å². The third-order valence-corrected chi connectivity index (χ3v) is 2.76. The van der Waals surface area contributed by atoms with Crippen molar-refractivity contribution < 1.29 is 0 Å². The van der Waals surface area contributed by atoms with E-state index in [4.69, 9.17) is 0 Å². The molecule has 0 radical (unpaired) electrons. The van der Waals surface area contributed by atoms with Gasteiger partial charge in [-0.25, -0.2) is 9.97 Å². The van der Waals surface area contributed by atoms with E-state index in [1.54, 1.807) is 12.4 Å². The van der Waals surface area contributed by atoms with Crippen LogP contribution in [0.15, 0.2) is 34.3 Å². The van der Waals surface area contributed by atoms with Crippen LogP contribution >= 0.6 is 0 Å². The fourth-order valence-electron chi connectivity index (χ4n) is 1.69. The molecule has 0 aromatic carbocycles. The van der Waals surface area contributed by atoms with Gasteiger partial charge in [-0.15, -0.1) is 0 Å². The topological polar surface area (TPSA) is 50.5 Å². The van der Waals surface area contributed by atoms with Crippen LogP contribution in [0, 0.1) is 0 Å². The van der Waals surface area contributed by atoms with Gasteiger partial charge in [-0.05, 0) is 65.8 Å². The van der Waals surface area contributed by atoms with Crippen LogP contribution in [0.25, 0.3) is 11.0 Å². The Morgan fingerprint density at radius 1 is 0.727 bits per heavy atom. The molecule has 0 amide bonds. The number of rotatable bonds is 2. The number of hydrogen-bond acceptors (Lipinski definition) is 4. The Hall–Kier alpha value is -2.10. The van der Waals surface area contributed by atoms with Gasteiger partial charge >= 0.3 is 0 Å². The lowest BCUT2D eigenvalue weighted by atomic mass is 10.1. The van der Waals surface area contributed by atoms with E-state index >= 15 is 0 Å². The van der Waals surface area contributed by atoms with Gasteiger partial charge in [0.05, 0.1) is 22.5 Å². The summed E-state index contributed by atoms with van der Waals surface area (Å²) in [5, 5.41) is 1.01. The van der Waals surface area contributed by atoms with Crippen molar-refractivity contribution in [3.05, 3.63) is 35.7 Å². The van der Waals surface area contributed by atoms with Crippen LogP contribution in [0.5, 0.6) is 0 Å². The summed E-state index contributed by atoms with van der Waals surface area (Å²) >= 11 is 0. The third-order valence-electron chi connectivity index (χ3n) is 2.76. The highest BCUT2D eigenvalue weighted by Crippen LogP contribution is 2.12. The zero-order chi connectivity index (χ0) is 16.4. The molecule has 0 saturated heterocycles. The largest absolute Gasteiger partial charge is 0.285 e. The van der Waals surface area contributed by atoms with Crippen LogP contribution in [0.2, 0.25) is 0 Å². The SMILES string of the molecule is CC(C)(C)N=Cc1ccc2ccc(C=NC(C)(C)C)nc2n1. The molecule has 2 aromatic rings. The first-order valence-corrected chi connectivity index (χ1v) is 7.51. The van der Waals surface area contributed by atoms with Crippen molar-refractivity contribution in [2.45, 2.75) is 52.6 Å². The van der Waals surface area contributed by atoms with Crippen LogP contribution in [-0.4, -0.2) is 33.5 Å². The summed E-state index contributed by atoms with van der Waals surface area (Å²) in [6, 6.07) is 7.96. The fourth-order valence-corrected chi connectivity index (χ4v) is 1.69. The minimum atomic E-state index is -0.106. The van der Waals surface area contributed by atoms with Gasteiger partial charge in [0.2, 0.25) is 0 Å². The summed E-state index contributed by atoms with van der Waals surface area (Å²) in [5.74, 6) is 0. The summed E-state index contributed by atoms with van der Waals surface area (Å²) in [4.78, 5) is 18.1. The Morgan fingerprint density at radius 2 is 1.14 bits per heavy atom. The van der Waals surface area contributed by atoms with E-state index in [0.29, 0.717) is 0 Å². The third kappa shape index (κ3) is 5.02. The fraction of sp³-hybridized carbons (Fsp3) is 0.444. The standard InChI is InChI=1S/C18H24N4/c1-17(2,3)19-11-14-9-7-13-8-10-15(22-16(13)21-14)12-20-18(4,5)6/h7-12H,1-6H3. The Morgan fingerprint density at radius 3 is 1.50 bits per heavy atom. The van der Waals surface area contributed by atoms with Gasteiger partial charge in [0.15, 0.2) is 5.65 Å². The summed E-state index contributed by atoms with van der Waals surface area (Å²) in [5.41, 5.74) is 2.15. The molecule has 0 saturated carbocycles. The zero-order valence-corrected chi connectivity index (χ0v) is 14.3. The maximum absolute atomic E-state index is 4.56. The molecule has 116 valence electrons. The second-order valence-electron chi connectivity index (χ2n) is 7.38. The smallest absolute Gasteiger partial charge is 0.160 e. The molecule has 0 atom stereocenters. The number of pyridine rings is 2. The van der Waals surface area contributed by atoms with Crippen molar-refractivity contribution in [2.75, 3.05) is 0 Å².